The first-order valence-electron chi connectivity index (χ1n) is 6.95. The van der Waals surface area contributed by atoms with Crippen molar-refractivity contribution in [2.45, 2.75) is 31.3 Å². The summed E-state index contributed by atoms with van der Waals surface area (Å²) in [5.74, 6) is 0. The Morgan fingerprint density at radius 2 is 2.00 bits per heavy atom. The Morgan fingerprint density at radius 3 is 2.65 bits per heavy atom. The van der Waals surface area contributed by atoms with Crippen LogP contribution in [0.25, 0.3) is 0 Å². The van der Waals surface area contributed by atoms with E-state index in [1.165, 1.54) is 18.9 Å². The van der Waals surface area contributed by atoms with E-state index in [-0.39, 0.29) is 11.5 Å². The second-order valence-electron chi connectivity index (χ2n) is 5.20. The Morgan fingerprint density at radius 1 is 1.30 bits per heavy atom. The maximum Gasteiger partial charge on any atom is 0.240 e. The minimum atomic E-state index is -3.50. The molecule has 112 valence electrons. The fourth-order valence-corrected chi connectivity index (χ4v) is 3.77. The number of rotatable bonds is 6. The molecule has 5 nitrogen and oxygen atoms in total. The number of aliphatic hydroxyl groups is 1. The molecule has 2 N–H and O–H groups in total. The number of nitrogens with one attached hydrogen (secondary N) is 1. The fourth-order valence-electron chi connectivity index (χ4n) is 2.45. The SMILES string of the molecule is Cc1ccc(CO)cc1S(=O)(=O)NCCN1CCCC1. The first-order valence-corrected chi connectivity index (χ1v) is 8.43. The highest BCUT2D eigenvalue weighted by Crippen LogP contribution is 2.17. The van der Waals surface area contributed by atoms with Gasteiger partial charge in [-0.15, -0.1) is 0 Å². The van der Waals surface area contributed by atoms with Crippen LogP contribution in [0.3, 0.4) is 0 Å². The summed E-state index contributed by atoms with van der Waals surface area (Å²) in [6.45, 7) is 4.89. The van der Waals surface area contributed by atoms with Crippen molar-refractivity contribution in [3.05, 3.63) is 29.3 Å². The zero-order valence-corrected chi connectivity index (χ0v) is 12.6. The maximum atomic E-state index is 12.3. The van der Waals surface area contributed by atoms with E-state index in [0.717, 1.165) is 19.6 Å². The topological polar surface area (TPSA) is 69.6 Å². The predicted molar refractivity (Wildman–Crippen MR) is 78.0 cm³/mol. The molecule has 20 heavy (non-hydrogen) atoms. The highest BCUT2D eigenvalue weighted by molar-refractivity contribution is 7.89. The third-order valence-corrected chi connectivity index (χ3v) is 5.25. The van der Waals surface area contributed by atoms with E-state index in [1.54, 1.807) is 19.1 Å². The van der Waals surface area contributed by atoms with Crippen molar-refractivity contribution in [1.82, 2.24) is 9.62 Å². The van der Waals surface area contributed by atoms with Crippen LogP contribution in [0.4, 0.5) is 0 Å². The summed E-state index contributed by atoms with van der Waals surface area (Å²) in [5.41, 5.74) is 1.30. The van der Waals surface area contributed by atoms with Crippen molar-refractivity contribution < 1.29 is 13.5 Å². The van der Waals surface area contributed by atoms with Gasteiger partial charge in [0.05, 0.1) is 11.5 Å². The molecular weight excluding hydrogens is 276 g/mol. The normalized spacial score (nSPS) is 16.7. The van der Waals surface area contributed by atoms with Gasteiger partial charge in [0.2, 0.25) is 10.0 Å². The Labute approximate surface area is 120 Å². The molecule has 0 atom stereocenters. The molecule has 1 aromatic rings. The van der Waals surface area contributed by atoms with Crippen molar-refractivity contribution in [1.29, 1.82) is 0 Å². The lowest BCUT2D eigenvalue weighted by molar-refractivity contribution is 0.281. The van der Waals surface area contributed by atoms with Crippen LogP contribution in [0, 0.1) is 6.92 Å². The molecule has 0 radical (unpaired) electrons. The number of likely N-dealkylation sites (tertiary alicyclic amines) is 1. The predicted octanol–water partition coefficient (Wildman–Crippen LogP) is 0.861. The van der Waals surface area contributed by atoms with Gasteiger partial charge in [0.1, 0.15) is 0 Å². The standard InChI is InChI=1S/C14H22N2O3S/c1-12-4-5-13(11-17)10-14(12)20(18,19)15-6-9-16-7-2-3-8-16/h4-5,10,15,17H,2-3,6-9,11H2,1H3. The van der Waals surface area contributed by atoms with Gasteiger partial charge in [0.15, 0.2) is 0 Å². The van der Waals surface area contributed by atoms with Crippen molar-refractivity contribution in [2.24, 2.45) is 0 Å². The number of hydrogen-bond acceptors (Lipinski definition) is 4. The second kappa shape index (κ2) is 6.67. The van der Waals surface area contributed by atoms with Gasteiger partial charge in [-0.3, -0.25) is 0 Å². The van der Waals surface area contributed by atoms with Crippen molar-refractivity contribution in [3.63, 3.8) is 0 Å². The lowest BCUT2D eigenvalue weighted by Gasteiger charge is -2.15. The second-order valence-corrected chi connectivity index (χ2v) is 6.94. The highest BCUT2D eigenvalue weighted by atomic mass is 32.2. The average molecular weight is 298 g/mol. The molecular formula is C14H22N2O3S. The van der Waals surface area contributed by atoms with Crippen LogP contribution in [0.5, 0.6) is 0 Å². The summed E-state index contributed by atoms with van der Waals surface area (Å²) >= 11 is 0. The number of sulfonamides is 1. The molecule has 6 heteroatoms. The van der Waals surface area contributed by atoms with Crippen molar-refractivity contribution >= 4 is 10.0 Å². The Hall–Kier alpha value is -0.950. The number of aliphatic hydroxyl groups excluding tert-OH is 1. The average Bonchev–Trinajstić information content (AvgIpc) is 2.92. The van der Waals surface area contributed by atoms with Crippen LogP contribution in [-0.2, 0) is 16.6 Å². The van der Waals surface area contributed by atoms with Gasteiger partial charge in [-0.25, -0.2) is 13.1 Å². The summed E-state index contributed by atoms with van der Waals surface area (Å²) in [7, 11) is -3.50. The molecule has 0 amide bonds. The van der Waals surface area contributed by atoms with E-state index in [4.69, 9.17) is 5.11 Å². The molecule has 1 aromatic carbocycles. The summed E-state index contributed by atoms with van der Waals surface area (Å²) < 4.78 is 27.2. The molecule has 0 spiro atoms. The molecule has 0 aromatic heterocycles. The lowest BCUT2D eigenvalue weighted by Crippen LogP contribution is -2.33. The number of hydrogen-bond donors (Lipinski definition) is 2. The monoisotopic (exact) mass is 298 g/mol. The van der Waals surface area contributed by atoms with Crippen LogP contribution in [-0.4, -0.2) is 44.6 Å². The molecule has 1 saturated heterocycles. The van der Waals surface area contributed by atoms with E-state index in [0.29, 0.717) is 17.7 Å². The number of nitrogens with zero attached hydrogens (tertiary/aromatic N) is 1. The van der Waals surface area contributed by atoms with Gasteiger partial charge in [-0.1, -0.05) is 12.1 Å². The Kier molecular flexibility index (Phi) is 5.15. The molecule has 1 fully saturated rings. The molecule has 0 bridgehead atoms. The van der Waals surface area contributed by atoms with Gasteiger partial charge in [-0.05, 0) is 50.0 Å². The van der Waals surface area contributed by atoms with E-state index in [2.05, 4.69) is 9.62 Å². The fraction of sp³-hybridized carbons (Fsp3) is 0.571. The first kappa shape index (κ1) is 15.4. The maximum absolute atomic E-state index is 12.3. The van der Waals surface area contributed by atoms with Crippen molar-refractivity contribution in [3.8, 4) is 0 Å². The highest BCUT2D eigenvalue weighted by Gasteiger charge is 2.18. The largest absolute Gasteiger partial charge is 0.392 e. The van der Waals surface area contributed by atoms with Crippen LogP contribution in [0.1, 0.15) is 24.0 Å². The third kappa shape index (κ3) is 3.79. The zero-order chi connectivity index (χ0) is 14.6. The van der Waals surface area contributed by atoms with E-state index < -0.39 is 10.0 Å². The van der Waals surface area contributed by atoms with Gasteiger partial charge >= 0.3 is 0 Å². The molecule has 2 rings (SSSR count). The molecule has 0 aliphatic carbocycles. The van der Waals surface area contributed by atoms with E-state index >= 15 is 0 Å². The minimum Gasteiger partial charge on any atom is -0.392 e. The zero-order valence-electron chi connectivity index (χ0n) is 11.8. The summed E-state index contributed by atoms with van der Waals surface area (Å²) in [6.07, 6.45) is 2.40. The molecule has 0 unspecified atom stereocenters. The number of benzene rings is 1. The molecule has 1 heterocycles. The van der Waals surface area contributed by atoms with Gasteiger partial charge in [0.25, 0.3) is 0 Å². The van der Waals surface area contributed by atoms with Crippen LogP contribution < -0.4 is 4.72 Å². The van der Waals surface area contributed by atoms with E-state index in [1.807, 2.05) is 0 Å². The van der Waals surface area contributed by atoms with Gasteiger partial charge in [0, 0.05) is 13.1 Å². The summed E-state index contributed by atoms with van der Waals surface area (Å²) in [5, 5.41) is 9.12. The van der Waals surface area contributed by atoms with Crippen LogP contribution in [0.15, 0.2) is 23.1 Å². The van der Waals surface area contributed by atoms with Gasteiger partial charge in [-0.2, -0.15) is 0 Å². The Balaban J connectivity index is 2.01. The van der Waals surface area contributed by atoms with Crippen LogP contribution >= 0.6 is 0 Å². The first-order chi connectivity index (χ1) is 9.53. The molecule has 0 saturated carbocycles. The van der Waals surface area contributed by atoms with Crippen molar-refractivity contribution in [2.75, 3.05) is 26.2 Å². The molecule has 1 aliphatic heterocycles. The van der Waals surface area contributed by atoms with Gasteiger partial charge < -0.3 is 10.0 Å². The summed E-state index contributed by atoms with van der Waals surface area (Å²) in [6, 6.07) is 4.99. The minimum absolute atomic E-state index is 0.156. The third-order valence-electron chi connectivity index (χ3n) is 3.64. The summed E-state index contributed by atoms with van der Waals surface area (Å²) in [4.78, 5) is 2.52. The van der Waals surface area contributed by atoms with Crippen LogP contribution in [0.2, 0.25) is 0 Å². The lowest BCUT2D eigenvalue weighted by atomic mass is 10.2. The molecule has 1 aliphatic rings. The smallest absolute Gasteiger partial charge is 0.240 e. The quantitative estimate of drug-likeness (QED) is 0.817. The Bertz CT molecular complexity index is 552. The van der Waals surface area contributed by atoms with E-state index in [9.17, 15) is 8.42 Å². The number of aryl methyl sites for hydroxylation is 1.